The minimum Gasteiger partial charge on any atom is -0.268 e. The van der Waals surface area contributed by atoms with Crippen LogP contribution in [0.15, 0.2) is 69.2 Å². The molecule has 0 bridgehead atoms. The van der Waals surface area contributed by atoms with Gasteiger partial charge in [-0.1, -0.05) is 6.07 Å². The Labute approximate surface area is 216 Å². The molecule has 8 nitrogen and oxygen atoms in total. The maximum atomic E-state index is 13.4. The smallest absolute Gasteiger partial charge is 0.268 e. The van der Waals surface area contributed by atoms with E-state index in [-0.39, 0.29) is 27.5 Å². The van der Waals surface area contributed by atoms with Gasteiger partial charge >= 0.3 is 11.9 Å². The largest absolute Gasteiger partial charge is 0.416 e. The Morgan fingerprint density at radius 2 is 1.64 bits per heavy atom. The molecule has 0 aliphatic rings. The number of sulfone groups is 1. The Hall–Kier alpha value is -3.20. The number of alkyl halides is 3. The minimum atomic E-state index is -4.66. The van der Waals surface area contributed by atoms with Gasteiger partial charge in [0.15, 0.2) is 9.84 Å². The van der Waals surface area contributed by atoms with Gasteiger partial charge in [-0.05, 0) is 72.0 Å². The average Bonchev–Trinajstić information content (AvgIpc) is 3.23. The van der Waals surface area contributed by atoms with Gasteiger partial charge < -0.3 is 0 Å². The van der Waals surface area contributed by atoms with Crippen LogP contribution in [0.1, 0.15) is 11.3 Å². The lowest BCUT2D eigenvalue weighted by Gasteiger charge is -2.18. The van der Waals surface area contributed by atoms with Gasteiger partial charge in [-0.25, -0.2) is 17.9 Å². The van der Waals surface area contributed by atoms with Crippen LogP contribution in [0.25, 0.3) is 22.6 Å². The van der Waals surface area contributed by atoms with E-state index >= 15 is 0 Å². The van der Waals surface area contributed by atoms with E-state index in [9.17, 15) is 31.2 Å². The Kier molecular flexibility index (Phi) is 6.49. The van der Waals surface area contributed by atoms with Crippen LogP contribution >= 0.6 is 22.6 Å². The van der Waals surface area contributed by atoms with Crippen LogP contribution in [0.3, 0.4) is 0 Å². The highest BCUT2D eigenvalue weighted by Crippen LogP contribution is 2.32. The summed E-state index contributed by atoms with van der Waals surface area (Å²) in [6.45, 7) is 1.37. The first-order valence-corrected chi connectivity index (χ1v) is 13.2. The summed E-state index contributed by atoms with van der Waals surface area (Å²) in [6.07, 6.45) is -2.61. The van der Waals surface area contributed by atoms with Gasteiger partial charge in [-0.15, -0.1) is 0 Å². The van der Waals surface area contributed by atoms with E-state index in [1.165, 1.54) is 24.7 Å². The first-order chi connectivity index (χ1) is 16.7. The fourth-order valence-corrected chi connectivity index (χ4v) is 4.96. The topological polar surface area (TPSA) is 96.0 Å². The molecule has 13 heteroatoms. The van der Waals surface area contributed by atoms with Crippen molar-refractivity contribution in [3.8, 4) is 22.6 Å². The molecule has 2 aromatic heterocycles. The second kappa shape index (κ2) is 9.03. The van der Waals surface area contributed by atoms with Crippen LogP contribution in [0.2, 0.25) is 0 Å². The van der Waals surface area contributed by atoms with E-state index in [0.29, 0.717) is 5.69 Å². The highest BCUT2D eigenvalue weighted by Gasteiger charge is 2.32. The zero-order chi connectivity index (χ0) is 26.6. The molecule has 0 atom stereocenters. The lowest BCUT2D eigenvalue weighted by molar-refractivity contribution is -0.137. The molecule has 2 heterocycles. The van der Waals surface area contributed by atoms with Crippen molar-refractivity contribution in [2.45, 2.75) is 18.0 Å². The molecule has 0 unspecified atom stereocenters. The molecule has 0 N–H and O–H groups in total. The van der Waals surface area contributed by atoms with E-state index < -0.39 is 32.8 Å². The summed E-state index contributed by atoms with van der Waals surface area (Å²) in [6, 6.07) is 11.0. The van der Waals surface area contributed by atoms with Crippen molar-refractivity contribution in [1.29, 1.82) is 0 Å². The predicted molar refractivity (Wildman–Crippen MR) is 135 cm³/mol. The highest BCUT2D eigenvalue weighted by molar-refractivity contribution is 14.1. The van der Waals surface area contributed by atoms with Crippen molar-refractivity contribution in [3.63, 3.8) is 0 Å². The van der Waals surface area contributed by atoms with Crippen LogP contribution in [-0.2, 0) is 23.1 Å². The fourth-order valence-electron chi connectivity index (χ4n) is 3.82. The molecule has 0 amide bonds. The van der Waals surface area contributed by atoms with Crippen molar-refractivity contribution >= 4 is 32.4 Å². The van der Waals surface area contributed by atoms with Crippen LogP contribution in [0, 0.1) is 10.5 Å². The maximum absolute atomic E-state index is 13.4. The van der Waals surface area contributed by atoms with Gasteiger partial charge in [0.2, 0.25) is 0 Å². The number of nitrogens with zero attached hydrogens (tertiary/aromatic N) is 4. The summed E-state index contributed by atoms with van der Waals surface area (Å²) in [5, 5.41) is 4.19. The molecule has 0 aliphatic carbocycles. The first kappa shape index (κ1) is 25.9. The molecule has 0 aliphatic heterocycles. The summed E-state index contributed by atoms with van der Waals surface area (Å²) in [4.78, 5) is 26.2. The van der Waals surface area contributed by atoms with E-state index in [2.05, 4.69) is 27.7 Å². The Morgan fingerprint density at radius 1 is 1.00 bits per heavy atom. The molecular weight excluding hydrogens is 612 g/mol. The predicted octanol–water partition coefficient (Wildman–Crippen LogP) is 3.72. The Bertz CT molecular complexity index is 1720. The molecule has 36 heavy (non-hydrogen) atoms. The second-order valence-electron chi connectivity index (χ2n) is 8.01. The molecule has 4 aromatic rings. The van der Waals surface area contributed by atoms with Crippen molar-refractivity contribution in [2.24, 2.45) is 7.05 Å². The van der Waals surface area contributed by atoms with Crippen molar-refractivity contribution < 1.29 is 21.6 Å². The lowest BCUT2D eigenvalue weighted by Crippen LogP contribution is -2.40. The molecule has 0 saturated heterocycles. The number of hydrogen-bond acceptors (Lipinski definition) is 5. The monoisotopic (exact) mass is 630 g/mol. The Morgan fingerprint density at radius 3 is 2.22 bits per heavy atom. The molecule has 2 aromatic carbocycles. The summed E-state index contributed by atoms with van der Waals surface area (Å²) < 4.78 is 69.2. The van der Waals surface area contributed by atoms with E-state index in [1.54, 1.807) is 24.3 Å². The summed E-state index contributed by atoms with van der Waals surface area (Å²) in [5.41, 5.74) is -2.71. The fraction of sp³-hybridized carbons (Fsp3) is 0.174. The molecule has 188 valence electrons. The standard InChI is InChI=1S/C23H18F3IN4O4S/c1-13-19(20-18(36(3,34)35)12-28-31(20)16-9-7-15(27)8-10-16)21(32)29(2)22(33)30(13)17-6-4-5-14(11-17)23(24,25)26/h4-12H,1-3H3. The summed E-state index contributed by atoms with van der Waals surface area (Å²) in [5.74, 6) is 0. The number of halogens is 4. The SMILES string of the molecule is Cc1c(-c2c(S(C)(=O)=O)cnn2-c2ccc(I)cc2)c(=O)n(C)c(=O)n1-c1cccc(C(F)(F)F)c1. The zero-order valence-electron chi connectivity index (χ0n) is 19.0. The van der Waals surface area contributed by atoms with Crippen molar-refractivity contribution in [2.75, 3.05) is 6.26 Å². The highest BCUT2D eigenvalue weighted by atomic mass is 127. The van der Waals surface area contributed by atoms with Crippen LogP contribution in [0.4, 0.5) is 13.2 Å². The summed E-state index contributed by atoms with van der Waals surface area (Å²) >= 11 is 2.09. The number of rotatable bonds is 4. The third-order valence-corrected chi connectivity index (χ3v) is 7.39. The molecule has 0 spiro atoms. The van der Waals surface area contributed by atoms with Crippen molar-refractivity contribution in [1.82, 2.24) is 18.9 Å². The normalized spacial score (nSPS) is 12.2. The van der Waals surface area contributed by atoms with Crippen LogP contribution in [0.5, 0.6) is 0 Å². The Balaban J connectivity index is 2.13. The maximum Gasteiger partial charge on any atom is 0.416 e. The average molecular weight is 630 g/mol. The van der Waals surface area contributed by atoms with E-state index in [1.807, 2.05) is 0 Å². The number of benzene rings is 2. The molecule has 4 rings (SSSR count). The number of hydrogen-bond donors (Lipinski definition) is 0. The van der Waals surface area contributed by atoms with E-state index in [4.69, 9.17) is 0 Å². The molecule has 0 radical (unpaired) electrons. The van der Waals surface area contributed by atoms with Gasteiger partial charge in [-0.2, -0.15) is 18.3 Å². The number of aromatic nitrogens is 4. The third-order valence-electron chi connectivity index (χ3n) is 5.57. The van der Waals surface area contributed by atoms with Gasteiger partial charge in [0.1, 0.15) is 10.6 Å². The lowest BCUT2D eigenvalue weighted by atomic mass is 10.1. The third kappa shape index (κ3) is 4.52. The van der Waals surface area contributed by atoms with Gasteiger partial charge in [-0.3, -0.25) is 13.9 Å². The molecular formula is C23H18F3IN4O4S. The quantitative estimate of drug-likeness (QED) is 0.321. The van der Waals surface area contributed by atoms with Gasteiger partial charge in [0, 0.05) is 22.6 Å². The molecule has 0 fully saturated rings. The second-order valence-corrected chi connectivity index (χ2v) is 11.2. The van der Waals surface area contributed by atoms with Gasteiger partial charge in [0.05, 0.1) is 28.7 Å². The van der Waals surface area contributed by atoms with Crippen LogP contribution < -0.4 is 11.2 Å². The summed E-state index contributed by atoms with van der Waals surface area (Å²) in [7, 11) is -2.74. The first-order valence-electron chi connectivity index (χ1n) is 10.3. The van der Waals surface area contributed by atoms with Gasteiger partial charge in [0.25, 0.3) is 5.56 Å². The van der Waals surface area contributed by atoms with Crippen LogP contribution in [-0.4, -0.2) is 33.6 Å². The zero-order valence-corrected chi connectivity index (χ0v) is 22.0. The molecule has 0 saturated carbocycles. The van der Waals surface area contributed by atoms with Crippen molar-refractivity contribution in [3.05, 3.63) is 90.4 Å². The van der Waals surface area contributed by atoms with E-state index in [0.717, 1.165) is 43.4 Å². The minimum absolute atomic E-state index is 0.0420.